The number of aromatic nitrogens is 2. The van der Waals surface area contributed by atoms with Crippen LogP contribution in [-0.2, 0) is 4.79 Å². The van der Waals surface area contributed by atoms with Gasteiger partial charge in [-0.05, 0) is 31.0 Å². The number of hydrogen-bond donors (Lipinski definition) is 1. The van der Waals surface area contributed by atoms with Crippen molar-refractivity contribution in [2.45, 2.75) is 25.3 Å². The molecule has 0 saturated carbocycles. The molecule has 1 N–H and O–H groups in total. The SMILES string of the molecule is O=C(Nc1nnc(C(F)F)s1)C1CCCN1C(=O)c1cc(Cl)cc(Cl)c1. The van der Waals surface area contributed by atoms with Crippen LogP contribution in [0.25, 0.3) is 0 Å². The Kier molecular flexibility index (Phi) is 5.69. The van der Waals surface area contributed by atoms with Gasteiger partial charge in [0.2, 0.25) is 11.0 Å². The third-order valence-electron chi connectivity index (χ3n) is 3.78. The quantitative estimate of drug-likeness (QED) is 0.809. The van der Waals surface area contributed by atoms with E-state index in [0.29, 0.717) is 40.8 Å². The second kappa shape index (κ2) is 7.81. The van der Waals surface area contributed by atoms with Crippen LogP contribution in [0.15, 0.2) is 18.2 Å². The van der Waals surface area contributed by atoms with Crippen LogP contribution in [0.3, 0.4) is 0 Å². The number of anilines is 1. The van der Waals surface area contributed by atoms with E-state index in [2.05, 4.69) is 15.5 Å². The summed E-state index contributed by atoms with van der Waals surface area (Å²) in [5, 5.41) is 9.39. The van der Waals surface area contributed by atoms with Crippen LogP contribution in [0.2, 0.25) is 10.0 Å². The molecule has 1 atom stereocenters. The first-order valence-electron chi connectivity index (χ1n) is 7.54. The Balaban J connectivity index is 1.74. The number of carbonyl (C=O) groups is 2. The number of carbonyl (C=O) groups excluding carboxylic acids is 2. The maximum absolute atomic E-state index is 12.7. The zero-order valence-electron chi connectivity index (χ0n) is 13.1. The van der Waals surface area contributed by atoms with Gasteiger partial charge in [0.15, 0.2) is 5.01 Å². The van der Waals surface area contributed by atoms with Crippen LogP contribution < -0.4 is 5.32 Å². The lowest BCUT2D eigenvalue weighted by atomic mass is 10.1. The van der Waals surface area contributed by atoms with Crippen LogP contribution in [0.4, 0.5) is 13.9 Å². The molecule has 11 heteroatoms. The van der Waals surface area contributed by atoms with Crippen molar-refractivity contribution >= 4 is 51.5 Å². The third kappa shape index (κ3) is 4.11. The van der Waals surface area contributed by atoms with Crippen LogP contribution >= 0.6 is 34.5 Å². The van der Waals surface area contributed by atoms with E-state index in [1.807, 2.05) is 0 Å². The molecule has 0 radical (unpaired) electrons. The molecule has 0 bridgehead atoms. The lowest BCUT2D eigenvalue weighted by Crippen LogP contribution is -2.43. The molecule has 26 heavy (non-hydrogen) atoms. The second-order valence-electron chi connectivity index (χ2n) is 5.55. The van der Waals surface area contributed by atoms with Gasteiger partial charge >= 0.3 is 0 Å². The molecule has 1 saturated heterocycles. The average Bonchev–Trinajstić information content (AvgIpc) is 3.22. The number of rotatable bonds is 4. The summed E-state index contributed by atoms with van der Waals surface area (Å²) in [6.07, 6.45) is -1.67. The van der Waals surface area contributed by atoms with Gasteiger partial charge in [0.25, 0.3) is 12.3 Å². The summed E-state index contributed by atoms with van der Waals surface area (Å²) >= 11 is 12.4. The van der Waals surface area contributed by atoms with E-state index in [1.165, 1.54) is 23.1 Å². The molecule has 1 aliphatic heterocycles. The van der Waals surface area contributed by atoms with Crippen molar-refractivity contribution in [3.63, 3.8) is 0 Å². The van der Waals surface area contributed by atoms with E-state index < -0.39 is 23.4 Å². The maximum atomic E-state index is 12.7. The fraction of sp³-hybridized carbons (Fsp3) is 0.333. The predicted molar refractivity (Wildman–Crippen MR) is 94.0 cm³/mol. The molecule has 3 rings (SSSR count). The van der Waals surface area contributed by atoms with Crippen LogP contribution in [0, 0.1) is 0 Å². The van der Waals surface area contributed by atoms with Crippen molar-refractivity contribution in [1.29, 1.82) is 0 Å². The van der Waals surface area contributed by atoms with Gasteiger partial charge < -0.3 is 4.90 Å². The van der Waals surface area contributed by atoms with Crippen molar-refractivity contribution in [3.05, 3.63) is 38.8 Å². The van der Waals surface area contributed by atoms with Crippen molar-refractivity contribution in [3.8, 4) is 0 Å². The summed E-state index contributed by atoms with van der Waals surface area (Å²) in [7, 11) is 0. The van der Waals surface area contributed by atoms with Crippen LogP contribution in [-0.4, -0.2) is 39.5 Å². The number of hydrogen-bond acceptors (Lipinski definition) is 5. The molecular weight excluding hydrogens is 409 g/mol. The summed E-state index contributed by atoms with van der Waals surface area (Å²) in [6.45, 7) is 0.388. The Morgan fingerprint density at radius 3 is 2.54 bits per heavy atom. The first kappa shape index (κ1) is 18.9. The predicted octanol–water partition coefficient (Wildman–Crippen LogP) is 4.03. The van der Waals surface area contributed by atoms with Gasteiger partial charge in [0, 0.05) is 22.2 Å². The molecular formula is C15H12Cl2F2N4O2S. The molecule has 1 fully saturated rings. The van der Waals surface area contributed by atoms with Crippen molar-refractivity contribution in [1.82, 2.24) is 15.1 Å². The molecule has 138 valence electrons. The molecule has 1 unspecified atom stereocenters. The largest absolute Gasteiger partial charge is 0.327 e. The van der Waals surface area contributed by atoms with Gasteiger partial charge in [-0.2, -0.15) is 0 Å². The number of nitrogens with one attached hydrogen (secondary N) is 1. The van der Waals surface area contributed by atoms with Gasteiger partial charge in [0.1, 0.15) is 6.04 Å². The maximum Gasteiger partial charge on any atom is 0.291 e. The van der Waals surface area contributed by atoms with Gasteiger partial charge in [-0.3, -0.25) is 14.9 Å². The normalized spacial score (nSPS) is 17.0. The number of amides is 2. The lowest BCUT2D eigenvalue weighted by Gasteiger charge is -2.23. The Morgan fingerprint density at radius 1 is 1.23 bits per heavy atom. The highest BCUT2D eigenvalue weighted by molar-refractivity contribution is 7.15. The molecule has 2 heterocycles. The summed E-state index contributed by atoms with van der Waals surface area (Å²) in [5.41, 5.74) is 0.276. The average molecular weight is 421 g/mol. The highest BCUT2D eigenvalue weighted by Gasteiger charge is 2.35. The zero-order chi connectivity index (χ0) is 18.8. The Labute approximate surface area is 161 Å². The molecule has 1 aliphatic rings. The fourth-order valence-corrected chi connectivity index (χ4v) is 3.82. The van der Waals surface area contributed by atoms with Crippen molar-refractivity contribution in [2.24, 2.45) is 0 Å². The molecule has 2 amide bonds. The van der Waals surface area contributed by atoms with E-state index in [1.54, 1.807) is 0 Å². The summed E-state index contributed by atoms with van der Waals surface area (Å²) in [5.74, 6) is -0.876. The summed E-state index contributed by atoms with van der Waals surface area (Å²) < 4.78 is 25.1. The highest BCUT2D eigenvalue weighted by Crippen LogP contribution is 2.27. The van der Waals surface area contributed by atoms with E-state index in [4.69, 9.17) is 23.2 Å². The molecule has 6 nitrogen and oxygen atoms in total. The molecule has 2 aromatic rings. The topological polar surface area (TPSA) is 75.2 Å². The lowest BCUT2D eigenvalue weighted by molar-refractivity contribution is -0.119. The van der Waals surface area contributed by atoms with Crippen molar-refractivity contribution in [2.75, 3.05) is 11.9 Å². The van der Waals surface area contributed by atoms with Gasteiger partial charge in [-0.25, -0.2) is 8.78 Å². The van der Waals surface area contributed by atoms with Crippen LogP contribution in [0.1, 0.15) is 34.6 Å². The van der Waals surface area contributed by atoms with Gasteiger partial charge in [0.05, 0.1) is 0 Å². The number of alkyl halides is 2. The second-order valence-corrected chi connectivity index (χ2v) is 7.43. The van der Waals surface area contributed by atoms with E-state index >= 15 is 0 Å². The van der Waals surface area contributed by atoms with E-state index in [0.717, 1.165) is 0 Å². The van der Waals surface area contributed by atoms with E-state index in [9.17, 15) is 18.4 Å². The molecule has 1 aromatic carbocycles. The Morgan fingerprint density at radius 2 is 1.92 bits per heavy atom. The Bertz CT molecular complexity index is 829. The van der Waals surface area contributed by atoms with Gasteiger partial charge in [-0.15, -0.1) is 10.2 Å². The number of nitrogens with zero attached hydrogens (tertiary/aromatic N) is 3. The minimum Gasteiger partial charge on any atom is -0.327 e. The Hall–Kier alpha value is -1.84. The number of likely N-dealkylation sites (tertiary alicyclic amines) is 1. The summed E-state index contributed by atoms with van der Waals surface area (Å²) in [6, 6.07) is 3.72. The van der Waals surface area contributed by atoms with Crippen LogP contribution in [0.5, 0.6) is 0 Å². The minimum absolute atomic E-state index is 0.0320. The molecule has 0 aliphatic carbocycles. The van der Waals surface area contributed by atoms with Gasteiger partial charge in [-0.1, -0.05) is 34.5 Å². The molecule has 1 aromatic heterocycles. The third-order valence-corrected chi connectivity index (χ3v) is 5.07. The monoisotopic (exact) mass is 420 g/mol. The highest BCUT2D eigenvalue weighted by atomic mass is 35.5. The summed E-state index contributed by atoms with van der Waals surface area (Å²) in [4.78, 5) is 26.6. The smallest absolute Gasteiger partial charge is 0.291 e. The fourth-order valence-electron chi connectivity index (χ4n) is 2.69. The zero-order valence-corrected chi connectivity index (χ0v) is 15.4. The first-order valence-corrected chi connectivity index (χ1v) is 9.12. The standard InChI is InChI=1S/C15H12Cl2F2N4O2S/c16-8-4-7(5-9(17)6-8)14(25)23-3-1-2-10(23)12(24)20-15-22-21-13(26-15)11(18)19/h4-6,10-11H,1-3H2,(H,20,22,24). The minimum atomic E-state index is -2.75. The van der Waals surface area contributed by atoms with Crippen molar-refractivity contribution < 1.29 is 18.4 Å². The van der Waals surface area contributed by atoms with E-state index in [-0.39, 0.29) is 16.6 Å². The first-order chi connectivity index (χ1) is 12.3. The number of halogens is 4. The number of benzene rings is 1. The molecule has 0 spiro atoms.